The number of H-pyrrole nitrogens is 1. The second-order valence-corrected chi connectivity index (χ2v) is 7.18. The summed E-state index contributed by atoms with van der Waals surface area (Å²) >= 11 is 0. The van der Waals surface area contributed by atoms with Crippen LogP contribution in [0.4, 0.5) is 0 Å². The fourth-order valence-electron chi connectivity index (χ4n) is 3.86. The number of Topliss-reactive ketones (excluding diaryl/α,β-unsaturated/α-hetero) is 1. The third-order valence-corrected chi connectivity index (χ3v) is 5.53. The number of carbonyl (C=O) groups excluding carboxylic acids is 1. The fourth-order valence-corrected chi connectivity index (χ4v) is 3.86. The van der Waals surface area contributed by atoms with Crippen LogP contribution in [0, 0.1) is 5.92 Å². The van der Waals surface area contributed by atoms with Crippen molar-refractivity contribution in [3.05, 3.63) is 76.3 Å². The summed E-state index contributed by atoms with van der Waals surface area (Å²) in [7, 11) is 0. The molecule has 1 atom stereocenters. The minimum Gasteiger partial charge on any atom is -0.309 e. The summed E-state index contributed by atoms with van der Waals surface area (Å²) in [5.74, 6) is 0.992. The van der Waals surface area contributed by atoms with Crippen LogP contribution in [0.3, 0.4) is 0 Å². The molecule has 2 aromatic carbocycles. The number of aromatic nitrogens is 2. The van der Waals surface area contributed by atoms with Gasteiger partial charge in [0.15, 0.2) is 5.78 Å². The maximum atomic E-state index is 12.7. The van der Waals surface area contributed by atoms with Gasteiger partial charge in [-0.3, -0.25) is 14.5 Å². The van der Waals surface area contributed by atoms with Gasteiger partial charge < -0.3 is 4.98 Å². The van der Waals surface area contributed by atoms with Gasteiger partial charge in [-0.25, -0.2) is 4.98 Å². The Labute approximate surface area is 158 Å². The summed E-state index contributed by atoms with van der Waals surface area (Å²) in [4.78, 5) is 34.9. The molecule has 0 aliphatic carbocycles. The lowest BCUT2D eigenvalue weighted by atomic mass is 9.88. The van der Waals surface area contributed by atoms with Gasteiger partial charge >= 0.3 is 0 Å². The monoisotopic (exact) mass is 361 g/mol. The Bertz CT molecular complexity index is 1000. The highest BCUT2D eigenvalue weighted by molar-refractivity contribution is 5.97. The first-order valence-corrected chi connectivity index (χ1v) is 9.46. The maximum absolute atomic E-state index is 12.7. The Morgan fingerprint density at radius 3 is 2.48 bits per heavy atom. The average molecular weight is 361 g/mol. The second-order valence-electron chi connectivity index (χ2n) is 7.18. The highest BCUT2D eigenvalue weighted by atomic mass is 16.1. The van der Waals surface area contributed by atoms with Gasteiger partial charge in [-0.05, 0) is 45.0 Å². The van der Waals surface area contributed by atoms with E-state index in [0.29, 0.717) is 11.2 Å². The van der Waals surface area contributed by atoms with E-state index in [9.17, 15) is 9.59 Å². The van der Waals surface area contributed by atoms with Gasteiger partial charge in [0.25, 0.3) is 5.56 Å². The van der Waals surface area contributed by atoms with E-state index in [0.717, 1.165) is 37.0 Å². The van der Waals surface area contributed by atoms with Crippen LogP contribution in [0.1, 0.15) is 42.0 Å². The van der Waals surface area contributed by atoms with Crippen LogP contribution >= 0.6 is 0 Å². The standard InChI is InChI=1S/C22H23N3O2/c1-15(21-23-19-10-6-5-9-18(19)22(27)24-21)25-13-11-17(12-14-25)20(26)16-7-3-2-4-8-16/h2-10,15,17H,11-14H2,1H3,(H,23,24,27). The first kappa shape index (κ1) is 17.6. The predicted octanol–water partition coefficient (Wildman–Crippen LogP) is 3.58. The van der Waals surface area contributed by atoms with Crippen LogP contribution in [0.2, 0.25) is 0 Å². The molecule has 1 N–H and O–H groups in total. The van der Waals surface area contributed by atoms with Gasteiger partial charge in [0, 0.05) is 11.5 Å². The molecular formula is C22H23N3O2. The number of hydrogen-bond acceptors (Lipinski definition) is 4. The molecule has 1 aromatic heterocycles. The molecule has 138 valence electrons. The van der Waals surface area contributed by atoms with Crippen LogP contribution in [-0.2, 0) is 0 Å². The zero-order chi connectivity index (χ0) is 18.8. The number of ketones is 1. The minimum atomic E-state index is -0.100. The van der Waals surface area contributed by atoms with Crippen molar-refractivity contribution >= 4 is 16.7 Å². The normalized spacial score (nSPS) is 17.1. The molecule has 0 amide bonds. The maximum Gasteiger partial charge on any atom is 0.258 e. The van der Waals surface area contributed by atoms with E-state index in [-0.39, 0.29) is 23.3 Å². The second kappa shape index (κ2) is 7.45. The first-order valence-electron chi connectivity index (χ1n) is 9.46. The molecular weight excluding hydrogens is 338 g/mol. The number of rotatable bonds is 4. The Kier molecular flexibility index (Phi) is 4.86. The number of benzene rings is 2. The van der Waals surface area contributed by atoms with Gasteiger partial charge in [-0.15, -0.1) is 0 Å². The lowest BCUT2D eigenvalue weighted by Gasteiger charge is -2.35. The van der Waals surface area contributed by atoms with Crippen molar-refractivity contribution in [3.8, 4) is 0 Å². The van der Waals surface area contributed by atoms with Gasteiger partial charge in [-0.1, -0.05) is 42.5 Å². The van der Waals surface area contributed by atoms with Crippen molar-refractivity contribution in [1.82, 2.24) is 14.9 Å². The summed E-state index contributed by atoms with van der Waals surface area (Å²) in [6.45, 7) is 3.70. The number of fused-ring (bicyclic) bond motifs is 1. The van der Waals surface area contributed by atoms with Crippen LogP contribution in [0.15, 0.2) is 59.4 Å². The number of piperidine rings is 1. The number of nitrogens with zero attached hydrogens (tertiary/aromatic N) is 2. The molecule has 0 bridgehead atoms. The highest BCUT2D eigenvalue weighted by Crippen LogP contribution is 2.27. The number of aromatic amines is 1. The number of para-hydroxylation sites is 1. The molecule has 1 saturated heterocycles. The van der Waals surface area contributed by atoms with Crippen molar-refractivity contribution in [1.29, 1.82) is 0 Å². The van der Waals surface area contributed by atoms with Crippen molar-refractivity contribution in [2.75, 3.05) is 13.1 Å². The van der Waals surface area contributed by atoms with Crippen LogP contribution < -0.4 is 5.56 Å². The summed E-state index contributed by atoms with van der Waals surface area (Å²) in [6.07, 6.45) is 1.66. The molecule has 0 spiro atoms. The van der Waals surface area contributed by atoms with E-state index in [1.807, 2.05) is 48.5 Å². The Hall–Kier alpha value is -2.79. The van der Waals surface area contributed by atoms with E-state index >= 15 is 0 Å². The molecule has 5 nitrogen and oxygen atoms in total. The van der Waals surface area contributed by atoms with Crippen LogP contribution in [0.5, 0.6) is 0 Å². The molecule has 1 aliphatic heterocycles. The lowest BCUT2D eigenvalue weighted by molar-refractivity contribution is 0.0796. The number of hydrogen-bond donors (Lipinski definition) is 1. The largest absolute Gasteiger partial charge is 0.309 e. The molecule has 1 fully saturated rings. The van der Waals surface area contributed by atoms with Crippen LogP contribution in [-0.4, -0.2) is 33.7 Å². The zero-order valence-electron chi connectivity index (χ0n) is 15.4. The molecule has 27 heavy (non-hydrogen) atoms. The quantitative estimate of drug-likeness (QED) is 0.722. The van der Waals surface area contributed by atoms with Gasteiger partial charge in [0.2, 0.25) is 0 Å². The van der Waals surface area contributed by atoms with E-state index in [4.69, 9.17) is 0 Å². The average Bonchev–Trinajstić information content (AvgIpc) is 2.73. The molecule has 4 rings (SSSR count). The van der Waals surface area contributed by atoms with E-state index < -0.39 is 0 Å². The SMILES string of the molecule is CC(c1nc2ccccc2c(=O)[nH]1)N1CCC(C(=O)c2ccccc2)CC1. The molecule has 5 heteroatoms. The lowest BCUT2D eigenvalue weighted by Crippen LogP contribution is -2.38. The highest BCUT2D eigenvalue weighted by Gasteiger charge is 2.29. The smallest absolute Gasteiger partial charge is 0.258 e. The molecule has 3 aromatic rings. The molecule has 1 aliphatic rings. The molecule has 0 saturated carbocycles. The van der Waals surface area contributed by atoms with Crippen molar-refractivity contribution < 1.29 is 4.79 Å². The van der Waals surface area contributed by atoms with Crippen LogP contribution in [0.25, 0.3) is 10.9 Å². The number of likely N-dealkylation sites (tertiary alicyclic amines) is 1. The predicted molar refractivity (Wildman–Crippen MR) is 106 cm³/mol. The van der Waals surface area contributed by atoms with E-state index in [2.05, 4.69) is 21.8 Å². The van der Waals surface area contributed by atoms with Gasteiger partial charge in [0.05, 0.1) is 16.9 Å². The summed E-state index contributed by atoms with van der Waals surface area (Å²) < 4.78 is 0. The summed E-state index contributed by atoms with van der Waals surface area (Å²) in [5, 5.41) is 0.612. The van der Waals surface area contributed by atoms with Crippen molar-refractivity contribution in [3.63, 3.8) is 0 Å². The Morgan fingerprint density at radius 2 is 1.74 bits per heavy atom. The Morgan fingerprint density at radius 1 is 1.07 bits per heavy atom. The number of nitrogens with one attached hydrogen (secondary N) is 1. The van der Waals surface area contributed by atoms with Gasteiger partial charge in [-0.2, -0.15) is 0 Å². The summed E-state index contributed by atoms with van der Waals surface area (Å²) in [6, 6.07) is 16.9. The molecule has 2 heterocycles. The van der Waals surface area contributed by atoms with E-state index in [1.54, 1.807) is 6.07 Å². The van der Waals surface area contributed by atoms with Crippen molar-refractivity contribution in [2.45, 2.75) is 25.8 Å². The molecule has 1 unspecified atom stereocenters. The molecule has 0 radical (unpaired) electrons. The first-order chi connectivity index (χ1) is 13.1. The van der Waals surface area contributed by atoms with Gasteiger partial charge in [0.1, 0.15) is 5.82 Å². The minimum absolute atomic E-state index is 0.00934. The Balaban J connectivity index is 1.47. The third kappa shape index (κ3) is 3.55. The van der Waals surface area contributed by atoms with E-state index in [1.165, 1.54) is 0 Å². The third-order valence-electron chi connectivity index (χ3n) is 5.53. The van der Waals surface area contributed by atoms with Crippen molar-refractivity contribution in [2.24, 2.45) is 5.92 Å². The zero-order valence-corrected chi connectivity index (χ0v) is 15.4. The topological polar surface area (TPSA) is 66.1 Å². The fraction of sp³-hybridized carbons (Fsp3) is 0.318. The summed E-state index contributed by atoms with van der Waals surface area (Å²) in [5.41, 5.74) is 1.42. The number of carbonyl (C=O) groups is 1.